The van der Waals surface area contributed by atoms with E-state index in [1.165, 1.54) is 16.8 Å². The Morgan fingerprint density at radius 2 is 1.78 bits per heavy atom. The number of fused-ring (bicyclic) bond motifs is 1. The molecule has 0 aromatic heterocycles. The summed E-state index contributed by atoms with van der Waals surface area (Å²) in [6.07, 6.45) is 2.37. The zero-order valence-electron chi connectivity index (χ0n) is 12.4. The molecule has 0 radical (unpaired) electrons. The van der Waals surface area contributed by atoms with Crippen LogP contribution < -0.4 is 4.74 Å². The Morgan fingerprint density at radius 1 is 0.957 bits per heavy atom. The topological polar surface area (TPSA) is 52.4 Å². The van der Waals surface area contributed by atoms with E-state index in [2.05, 4.69) is 24.3 Å². The van der Waals surface area contributed by atoms with Gasteiger partial charge in [0, 0.05) is 6.08 Å². The Kier molecular flexibility index (Phi) is 4.34. The number of ether oxygens (including phenoxy) is 1. The quantitative estimate of drug-likeness (QED) is 0.508. The fourth-order valence-electron chi connectivity index (χ4n) is 2.35. The van der Waals surface area contributed by atoms with Crippen molar-refractivity contribution in [1.82, 2.24) is 0 Å². The zero-order valence-corrected chi connectivity index (χ0v) is 12.4. The molecule has 0 unspecified atom stereocenters. The molecular weight excluding hydrogens is 290 g/mol. The lowest BCUT2D eigenvalue weighted by molar-refractivity contribution is -0.400. The maximum absolute atomic E-state index is 10.4. The van der Waals surface area contributed by atoms with Crippen LogP contribution in [0.25, 0.3) is 16.8 Å². The monoisotopic (exact) mass is 305 g/mol. The van der Waals surface area contributed by atoms with Crippen LogP contribution in [0.1, 0.15) is 11.1 Å². The van der Waals surface area contributed by atoms with E-state index >= 15 is 0 Å². The van der Waals surface area contributed by atoms with Crippen molar-refractivity contribution in [2.24, 2.45) is 0 Å². The number of nitrogens with zero attached hydrogens (tertiary/aromatic N) is 1. The molecule has 23 heavy (non-hydrogen) atoms. The molecule has 0 aliphatic rings. The van der Waals surface area contributed by atoms with Gasteiger partial charge in [0.15, 0.2) is 0 Å². The highest BCUT2D eigenvalue weighted by Gasteiger charge is 2.00. The van der Waals surface area contributed by atoms with Gasteiger partial charge >= 0.3 is 0 Å². The first kappa shape index (κ1) is 14.8. The van der Waals surface area contributed by atoms with Crippen molar-refractivity contribution in [2.45, 2.75) is 6.61 Å². The molecule has 0 aliphatic carbocycles. The van der Waals surface area contributed by atoms with Gasteiger partial charge in [0.1, 0.15) is 12.4 Å². The number of rotatable bonds is 5. The molecule has 0 heterocycles. The minimum Gasteiger partial charge on any atom is -0.489 e. The van der Waals surface area contributed by atoms with E-state index in [1.54, 1.807) is 12.1 Å². The van der Waals surface area contributed by atoms with E-state index in [4.69, 9.17) is 4.74 Å². The molecule has 0 bridgehead atoms. The second-order valence-electron chi connectivity index (χ2n) is 5.14. The third kappa shape index (κ3) is 3.95. The van der Waals surface area contributed by atoms with Crippen molar-refractivity contribution in [3.8, 4) is 5.75 Å². The molecule has 0 fully saturated rings. The van der Waals surface area contributed by atoms with Crippen molar-refractivity contribution >= 4 is 16.8 Å². The van der Waals surface area contributed by atoms with Crippen LogP contribution in [0, 0.1) is 10.1 Å². The minimum absolute atomic E-state index is 0.452. The molecular formula is C19H15NO3. The predicted octanol–water partition coefficient (Wildman–Crippen LogP) is 4.67. The second-order valence-corrected chi connectivity index (χ2v) is 5.14. The highest BCUT2D eigenvalue weighted by Crippen LogP contribution is 2.19. The fourth-order valence-corrected chi connectivity index (χ4v) is 2.35. The summed E-state index contributed by atoms with van der Waals surface area (Å²) in [4.78, 5) is 9.88. The Labute approximate surface area is 133 Å². The van der Waals surface area contributed by atoms with Gasteiger partial charge in [-0.2, -0.15) is 0 Å². The lowest BCUT2D eigenvalue weighted by atomic mass is 10.1. The number of hydrogen-bond donors (Lipinski definition) is 0. The molecule has 3 rings (SSSR count). The summed E-state index contributed by atoms with van der Waals surface area (Å²) in [5, 5.41) is 12.7. The van der Waals surface area contributed by atoms with Crippen molar-refractivity contribution in [1.29, 1.82) is 0 Å². The molecule has 114 valence electrons. The van der Waals surface area contributed by atoms with E-state index in [-0.39, 0.29) is 0 Å². The molecule has 0 N–H and O–H groups in total. The molecule has 0 amide bonds. The molecule has 0 saturated heterocycles. The zero-order chi connectivity index (χ0) is 16.1. The molecule has 4 nitrogen and oxygen atoms in total. The van der Waals surface area contributed by atoms with Crippen LogP contribution in [-0.2, 0) is 6.61 Å². The lowest BCUT2D eigenvalue weighted by Crippen LogP contribution is -1.95. The number of hydrogen-bond acceptors (Lipinski definition) is 3. The SMILES string of the molecule is O=[N+]([O-])/C=C/c1cccc(OCc2ccc3ccccc3c2)c1. The summed E-state index contributed by atoms with van der Waals surface area (Å²) in [6.45, 7) is 0.452. The molecule has 3 aromatic carbocycles. The standard InChI is InChI=1S/C19H15NO3/c21-20(22)11-10-15-4-3-7-19(13-15)23-14-16-8-9-17-5-1-2-6-18(17)12-16/h1-13H,14H2/b11-10+. The first-order valence-corrected chi connectivity index (χ1v) is 7.23. The summed E-state index contributed by atoms with van der Waals surface area (Å²) in [5.74, 6) is 0.684. The van der Waals surface area contributed by atoms with Gasteiger partial charge in [-0.05, 0) is 40.1 Å². The van der Waals surface area contributed by atoms with Gasteiger partial charge in [0.25, 0.3) is 0 Å². The van der Waals surface area contributed by atoms with Crippen molar-refractivity contribution in [3.63, 3.8) is 0 Å². The normalized spacial score (nSPS) is 11.0. The van der Waals surface area contributed by atoms with Gasteiger partial charge in [0.2, 0.25) is 6.20 Å². The summed E-state index contributed by atoms with van der Waals surface area (Å²) in [5.41, 5.74) is 1.81. The van der Waals surface area contributed by atoms with Crippen molar-refractivity contribution < 1.29 is 9.66 Å². The Bertz CT molecular complexity index is 871. The second kappa shape index (κ2) is 6.75. The van der Waals surface area contributed by atoms with Gasteiger partial charge in [0.05, 0.1) is 4.92 Å². The van der Waals surface area contributed by atoms with Gasteiger partial charge < -0.3 is 4.74 Å². The summed E-state index contributed by atoms with van der Waals surface area (Å²) in [6, 6.07) is 21.6. The van der Waals surface area contributed by atoms with Crippen LogP contribution in [0.15, 0.2) is 72.9 Å². The van der Waals surface area contributed by atoms with Gasteiger partial charge in [-0.3, -0.25) is 10.1 Å². The van der Waals surface area contributed by atoms with E-state index in [1.807, 2.05) is 30.3 Å². The van der Waals surface area contributed by atoms with Crippen molar-refractivity contribution in [2.75, 3.05) is 0 Å². The third-order valence-corrected chi connectivity index (χ3v) is 3.47. The molecule has 0 spiro atoms. The maximum Gasteiger partial charge on any atom is 0.235 e. The lowest BCUT2D eigenvalue weighted by Gasteiger charge is -2.08. The van der Waals surface area contributed by atoms with Crippen LogP contribution in [0.4, 0.5) is 0 Å². The molecule has 4 heteroatoms. The third-order valence-electron chi connectivity index (χ3n) is 3.47. The van der Waals surface area contributed by atoms with Crippen LogP contribution in [0.2, 0.25) is 0 Å². The number of nitro groups is 1. The van der Waals surface area contributed by atoms with Crippen molar-refractivity contribution in [3.05, 3.63) is 94.2 Å². The van der Waals surface area contributed by atoms with E-state index in [0.29, 0.717) is 12.4 Å². The minimum atomic E-state index is -0.484. The predicted molar refractivity (Wildman–Crippen MR) is 90.8 cm³/mol. The Balaban J connectivity index is 1.71. The molecule has 3 aromatic rings. The largest absolute Gasteiger partial charge is 0.489 e. The number of benzene rings is 3. The molecule has 0 saturated carbocycles. The summed E-state index contributed by atoms with van der Waals surface area (Å²) in [7, 11) is 0. The average Bonchev–Trinajstić information content (AvgIpc) is 2.58. The van der Waals surface area contributed by atoms with Crippen LogP contribution in [0.5, 0.6) is 5.75 Å². The summed E-state index contributed by atoms with van der Waals surface area (Å²) >= 11 is 0. The van der Waals surface area contributed by atoms with E-state index < -0.39 is 4.92 Å². The smallest absolute Gasteiger partial charge is 0.235 e. The molecule has 0 atom stereocenters. The van der Waals surface area contributed by atoms with Crippen LogP contribution in [0.3, 0.4) is 0 Å². The van der Waals surface area contributed by atoms with Gasteiger partial charge in [-0.15, -0.1) is 0 Å². The first-order valence-electron chi connectivity index (χ1n) is 7.23. The highest BCUT2D eigenvalue weighted by molar-refractivity contribution is 5.82. The van der Waals surface area contributed by atoms with E-state index in [0.717, 1.165) is 17.3 Å². The maximum atomic E-state index is 10.4. The van der Waals surface area contributed by atoms with Crippen LogP contribution >= 0.6 is 0 Å². The fraction of sp³-hybridized carbons (Fsp3) is 0.0526. The molecule has 0 aliphatic heterocycles. The first-order chi connectivity index (χ1) is 11.2. The highest BCUT2D eigenvalue weighted by atomic mass is 16.6. The van der Waals surface area contributed by atoms with Gasteiger partial charge in [-0.1, -0.05) is 48.5 Å². The van der Waals surface area contributed by atoms with Gasteiger partial charge in [-0.25, -0.2) is 0 Å². The Morgan fingerprint density at radius 3 is 2.61 bits per heavy atom. The average molecular weight is 305 g/mol. The summed E-state index contributed by atoms with van der Waals surface area (Å²) < 4.78 is 5.78. The van der Waals surface area contributed by atoms with E-state index in [9.17, 15) is 10.1 Å². The Hall–Kier alpha value is -3.14. The van der Waals surface area contributed by atoms with Crippen LogP contribution in [-0.4, -0.2) is 4.92 Å².